The lowest BCUT2D eigenvalue weighted by Gasteiger charge is -2.17. The molecule has 1 aromatic carbocycles. The number of halogens is 3. The van der Waals surface area contributed by atoms with E-state index in [0.717, 1.165) is 0 Å². The van der Waals surface area contributed by atoms with Crippen LogP contribution in [0.5, 0.6) is 0 Å². The molecular weight excluding hydrogens is 286 g/mol. The molecule has 0 aliphatic carbocycles. The summed E-state index contributed by atoms with van der Waals surface area (Å²) in [7, 11) is 0. The van der Waals surface area contributed by atoms with Gasteiger partial charge in [-0.2, -0.15) is 0 Å². The van der Waals surface area contributed by atoms with Crippen molar-refractivity contribution in [2.45, 2.75) is 18.6 Å². The first-order chi connectivity index (χ1) is 7.06. The summed E-state index contributed by atoms with van der Waals surface area (Å²) in [5, 5.41) is 19.1. The molecule has 15 heavy (non-hydrogen) atoms. The summed E-state index contributed by atoms with van der Waals surface area (Å²) in [6.45, 7) is 0. The van der Waals surface area contributed by atoms with E-state index >= 15 is 0 Å². The third kappa shape index (κ3) is 3.41. The zero-order valence-corrected chi connectivity index (χ0v) is 10.2. The number of hydrogen-bond acceptors (Lipinski definition) is 2. The zero-order valence-electron chi connectivity index (χ0n) is 7.83. The van der Waals surface area contributed by atoms with Crippen molar-refractivity contribution in [1.82, 2.24) is 0 Å². The molecule has 0 heterocycles. The standard InChI is InChI=1S/C10H11BrClFO2/c11-6-1-2-7(8(13)5-6)10(15)9(14)3-4-12/h1-2,5,9-10,14-15H,3-4H2. The molecule has 0 saturated carbocycles. The molecular formula is C10H11BrClFO2. The Balaban J connectivity index is 2.86. The number of aliphatic hydroxyl groups excluding tert-OH is 2. The smallest absolute Gasteiger partial charge is 0.130 e. The largest absolute Gasteiger partial charge is 0.390 e. The average molecular weight is 298 g/mol. The van der Waals surface area contributed by atoms with Crippen molar-refractivity contribution in [2.24, 2.45) is 0 Å². The van der Waals surface area contributed by atoms with Gasteiger partial charge in [0.25, 0.3) is 0 Å². The molecule has 2 atom stereocenters. The zero-order chi connectivity index (χ0) is 11.4. The molecule has 0 saturated heterocycles. The number of benzene rings is 1. The van der Waals surface area contributed by atoms with Gasteiger partial charge in [0.1, 0.15) is 11.9 Å². The average Bonchev–Trinajstić information content (AvgIpc) is 2.17. The first-order valence-corrected chi connectivity index (χ1v) is 5.76. The van der Waals surface area contributed by atoms with E-state index in [0.29, 0.717) is 4.47 Å². The van der Waals surface area contributed by atoms with E-state index in [1.165, 1.54) is 12.1 Å². The van der Waals surface area contributed by atoms with Gasteiger partial charge in [-0.1, -0.05) is 22.0 Å². The first kappa shape index (κ1) is 12.9. The third-order valence-corrected chi connectivity index (χ3v) is 2.76. The molecule has 2 unspecified atom stereocenters. The maximum Gasteiger partial charge on any atom is 0.130 e. The Morgan fingerprint density at radius 2 is 2.07 bits per heavy atom. The van der Waals surface area contributed by atoms with Crippen molar-refractivity contribution in [3.8, 4) is 0 Å². The van der Waals surface area contributed by atoms with Gasteiger partial charge in [-0.05, 0) is 18.6 Å². The van der Waals surface area contributed by atoms with Gasteiger partial charge in [0, 0.05) is 15.9 Å². The summed E-state index contributed by atoms with van der Waals surface area (Å²) in [4.78, 5) is 0. The highest BCUT2D eigenvalue weighted by Gasteiger charge is 2.20. The highest BCUT2D eigenvalue weighted by atomic mass is 79.9. The summed E-state index contributed by atoms with van der Waals surface area (Å²) < 4.78 is 14.0. The first-order valence-electron chi connectivity index (χ1n) is 4.43. The van der Waals surface area contributed by atoms with Gasteiger partial charge in [0.2, 0.25) is 0 Å². The normalized spacial score (nSPS) is 15.0. The second-order valence-corrected chi connectivity index (χ2v) is 4.45. The van der Waals surface area contributed by atoms with Gasteiger partial charge >= 0.3 is 0 Å². The van der Waals surface area contributed by atoms with Crippen LogP contribution in [-0.2, 0) is 0 Å². The van der Waals surface area contributed by atoms with E-state index in [1.54, 1.807) is 6.07 Å². The lowest BCUT2D eigenvalue weighted by molar-refractivity contribution is 0.0149. The van der Waals surface area contributed by atoms with Crippen molar-refractivity contribution in [1.29, 1.82) is 0 Å². The SMILES string of the molecule is OC(CCCl)C(O)c1ccc(Br)cc1F. The minimum Gasteiger partial charge on any atom is -0.390 e. The summed E-state index contributed by atoms with van der Waals surface area (Å²) in [6.07, 6.45) is -2.06. The maximum atomic E-state index is 13.4. The molecule has 0 aliphatic heterocycles. The van der Waals surface area contributed by atoms with Crippen LogP contribution in [0.4, 0.5) is 4.39 Å². The predicted octanol–water partition coefficient (Wildman–Crippen LogP) is 2.61. The van der Waals surface area contributed by atoms with Gasteiger partial charge in [0.05, 0.1) is 6.10 Å². The fourth-order valence-corrected chi connectivity index (χ4v) is 1.78. The Bertz CT molecular complexity index is 335. The van der Waals surface area contributed by atoms with Crippen molar-refractivity contribution in [3.05, 3.63) is 34.1 Å². The van der Waals surface area contributed by atoms with Crippen LogP contribution < -0.4 is 0 Å². The lowest BCUT2D eigenvalue weighted by Crippen LogP contribution is -2.19. The van der Waals surface area contributed by atoms with Crippen LogP contribution in [0.15, 0.2) is 22.7 Å². The van der Waals surface area contributed by atoms with Crippen molar-refractivity contribution in [2.75, 3.05) is 5.88 Å². The van der Waals surface area contributed by atoms with Gasteiger partial charge < -0.3 is 10.2 Å². The van der Waals surface area contributed by atoms with Crippen LogP contribution >= 0.6 is 27.5 Å². The Kier molecular flexibility index (Phi) is 4.99. The Hall–Kier alpha value is -0.160. The van der Waals surface area contributed by atoms with Crippen LogP contribution in [0.2, 0.25) is 0 Å². The van der Waals surface area contributed by atoms with E-state index in [1.807, 2.05) is 0 Å². The molecule has 5 heteroatoms. The van der Waals surface area contributed by atoms with Gasteiger partial charge in [-0.25, -0.2) is 4.39 Å². The number of aliphatic hydroxyl groups is 2. The molecule has 0 fully saturated rings. The van der Waals surface area contributed by atoms with E-state index in [4.69, 9.17) is 11.6 Å². The van der Waals surface area contributed by atoms with Crippen molar-refractivity contribution in [3.63, 3.8) is 0 Å². The Morgan fingerprint density at radius 3 is 2.60 bits per heavy atom. The van der Waals surface area contributed by atoms with Crippen LogP contribution in [0, 0.1) is 5.82 Å². The van der Waals surface area contributed by atoms with Crippen LogP contribution in [-0.4, -0.2) is 22.2 Å². The minimum absolute atomic E-state index is 0.0795. The van der Waals surface area contributed by atoms with Gasteiger partial charge in [0.15, 0.2) is 0 Å². The molecule has 0 bridgehead atoms. The molecule has 1 aromatic rings. The molecule has 0 aromatic heterocycles. The predicted molar refractivity (Wildman–Crippen MR) is 60.4 cm³/mol. The van der Waals surface area contributed by atoms with Crippen LogP contribution in [0.1, 0.15) is 18.1 Å². The minimum atomic E-state index is -1.24. The van der Waals surface area contributed by atoms with Crippen molar-refractivity contribution >= 4 is 27.5 Å². The highest BCUT2D eigenvalue weighted by Crippen LogP contribution is 2.24. The Morgan fingerprint density at radius 1 is 1.40 bits per heavy atom. The summed E-state index contributed by atoms with van der Waals surface area (Å²) in [6, 6.07) is 4.28. The van der Waals surface area contributed by atoms with Crippen molar-refractivity contribution < 1.29 is 14.6 Å². The fraction of sp³-hybridized carbons (Fsp3) is 0.400. The second kappa shape index (κ2) is 5.80. The molecule has 2 N–H and O–H groups in total. The maximum absolute atomic E-state index is 13.4. The van der Waals surface area contributed by atoms with E-state index < -0.39 is 18.0 Å². The van der Waals surface area contributed by atoms with Crippen LogP contribution in [0.3, 0.4) is 0 Å². The fourth-order valence-electron chi connectivity index (χ4n) is 1.22. The lowest BCUT2D eigenvalue weighted by atomic mass is 10.0. The third-order valence-electron chi connectivity index (χ3n) is 2.05. The topological polar surface area (TPSA) is 40.5 Å². The Labute approximate surface area is 101 Å². The quantitative estimate of drug-likeness (QED) is 0.839. The van der Waals surface area contributed by atoms with Gasteiger partial charge in [-0.3, -0.25) is 0 Å². The van der Waals surface area contributed by atoms with E-state index in [9.17, 15) is 14.6 Å². The molecule has 2 nitrogen and oxygen atoms in total. The molecule has 0 spiro atoms. The number of rotatable bonds is 4. The molecule has 1 rings (SSSR count). The van der Waals surface area contributed by atoms with Gasteiger partial charge in [-0.15, -0.1) is 11.6 Å². The molecule has 0 aliphatic rings. The second-order valence-electron chi connectivity index (χ2n) is 3.16. The van der Waals surface area contributed by atoms with E-state index in [-0.39, 0.29) is 17.9 Å². The summed E-state index contributed by atoms with van der Waals surface area (Å²) >= 11 is 8.53. The number of alkyl halides is 1. The van der Waals surface area contributed by atoms with E-state index in [2.05, 4.69) is 15.9 Å². The molecule has 0 amide bonds. The molecule has 0 radical (unpaired) electrons. The highest BCUT2D eigenvalue weighted by molar-refractivity contribution is 9.10. The number of hydrogen-bond donors (Lipinski definition) is 2. The van der Waals surface area contributed by atoms with Crippen LogP contribution in [0.25, 0.3) is 0 Å². The monoisotopic (exact) mass is 296 g/mol. The summed E-state index contributed by atoms with van der Waals surface area (Å²) in [5.41, 5.74) is 0.0795. The summed E-state index contributed by atoms with van der Waals surface area (Å²) in [5.74, 6) is -0.332. The molecule has 84 valence electrons.